The number of urea groups is 1. The Bertz CT molecular complexity index is 1140. The van der Waals surface area contributed by atoms with Gasteiger partial charge in [0.1, 0.15) is 5.82 Å². The predicted octanol–water partition coefficient (Wildman–Crippen LogP) is 5.57. The molecule has 1 fully saturated rings. The van der Waals surface area contributed by atoms with E-state index in [1.54, 1.807) is 11.0 Å². The van der Waals surface area contributed by atoms with Gasteiger partial charge in [-0.15, -0.1) is 0 Å². The van der Waals surface area contributed by atoms with Crippen molar-refractivity contribution < 1.29 is 18.8 Å². The van der Waals surface area contributed by atoms with Crippen LogP contribution >= 0.6 is 0 Å². The highest BCUT2D eigenvalue weighted by atomic mass is 19.1. The number of nitrogens with zero attached hydrogens (tertiary/aromatic N) is 2. The van der Waals surface area contributed by atoms with E-state index in [-0.39, 0.29) is 28.4 Å². The van der Waals surface area contributed by atoms with Crippen molar-refractivity contribution in [1.82, 2.24) is 15.1 Å². The highest BCUT2D eigenvalue weighted by Crippen LogP contribution is 2.20. The first-order valence-corrected chi connectivity index (χ1v) is 13.4. The van der Waals surface area contributed by atoms with Gasteiger partial charge in [-0.2, -0.15) is 0 Å². The fourth-order valence-corrected chi connectivity index (χ4v) is 4.23. The van der Waals surface area contributed by atoms with Crippen LogP contribution in [-0.2, 0) is 6.54 Å². The van der Waals surface area contributed by atoms with Crippen LogP contribution in [0.5, 0.6) is 0 Å². The van der Waals surface area contributed by atoms with Gasteiger partial charge in [-0.25, -0.2) is 9.18 Å². The number of hydrogen-bond acceptors (Lipinski definition) is 4. The molecule has 3 amide bonds. The topological polar surface area (TPSA) is 81.8 Å². The first kappa shape index (κ1) is 29.3. The summed E-state index contributed by atoms with van der Waals surface area (Å²) in [7, 11) is 0. The maximum atomic E-state index is 14.7. The van der Waals surface area contributed by atoms with E-state index in [1.807, 2.05) is 45.0 Å². The van der Waals surface area contributed by atoms with Crippen molar-refractivity contribution in [3.63, 3.8) is 0 Å². The number of benzene rings is 2. The lowest BCUT2D eigenvalue weighted by atomic mass is 9.97. The monoisotopic (exact) mass is 524 g/mol. The minimum atomic E-state index is -0.650. The molecule has 3 rings (SSSR count). The second kappa shape index (κ2) is 13.0. The summed E-state index contributed by atoms with van der Waals surface area (Å²) in [4.78, 5) is 41.6. The number of carbonyl (C=O) groups excluding carboxylic acids is 3. The smallest absolute Gasteiger partial charge is 0.319 e. The van der Waals surface area contributed by atoms with Gasteiger partial charge in [0.05, 0.1) is 5.69 Å². The molecule has 1 saturated heterocycles. The molecule has 0 aromatic heterocycles. The van der Waals surface area contributed by atoms with Crippen LogP contribution in [0.3, 0.4) is 0 Å². The molecule has 0 spiro atoms. The number of Topliss-reactive ketones (excluding diaryl/α,β-unsaturated/α-hetero) is 1. The van der Waals surface area contributed by atoms with Crippen LogP contribution in [0, 0.1) is 17.2 Å². The highest BCUT2D eigenvalue weighted by Gasteiger charge is 2.23. The van der Waals surface area contributed by atoms with E-state index < -0.39 is 11.8 Å². The number of piperazine rings is 1. The van der Waals surface area contributed by atoms with Crippen molar-refractivity contribution in [3.8, 4) is 0 Å². The molecule has 0 aliphatic carbocycles. The molecule has 38 heavy (non-hydrogen) atoms. The van der Waals surface area contributed by atoms with Crippen LogP contribution in [0.25, 0.3) is 0 Å². The Kier molecular flexibility index (Phi) is 10.0. The lowest BCUT2D eigenvalue weighted by Gasteiger charge is -2.35. The van der Waals surface area contributed by atoms with Crippen LogP contribution in [-0.4, -0.2) is 60.2 Å². The number of nitrogens with one attached hydrogen (secondary N) is 2. The molecule has 2 aromatic rings. The molecule has 1 aliphatic rings. The number of ketones is 1. The minimum Gasteiger partial charge on any atom is -0.337 e. The maximum absolute atomic E-state index is 14.7. The molecule has 1 atom stereocenters. The van der Waals surface area contributed by atoms with Crippen molar-refractivity contribution >= 4 is 23.4 Å². The Labute approximate surface area is 225 Å². The van der Waals surface area contributed by atoms with Crippen LogP contribution in [0.2, 0.25) is 0 Å². The first-order chi connectivity index (χ1) is 17.9. The molecule has 1 aliphatic heterocycles. The number of carbonyl (C=O) groups is 3. The van der Waals surface area contributed by atoms with E-state index in [9.17, 15) is 18.8 Å². The lowest BCUT2D eigenvalue weighted by molar-refractivity contribution is 0.0627. The third-order valence-electron chi connectivity index (χ3n) is 6.79. The summed E-state index contributed by atoms with van der Waals surface area (Å²) in [5.74, 6) is -0.334. The highest BCUT2D eigenvalue weighted by molar-refractivity contribution is 5.96. The number of hydrogen-bond donors (Lipinski definition) is 2. The molecular formula is C30H41FN4O3. The SMILES string of the molecule is CC[C@@H](C)CC(=O)c1cccc(CN2CCN(C(=O)c3ccc(NC(=O)NCC(C)(C)C)c(F)c3)CC2)c1. The molecule has 8 heteroatoms. The molecule has 0 unspecified atom stereocenters. The molecule has 2 aromatic carbocycles. The molecule has 0 saturated carbocycles. The molecule has 7 nitrogen and oxygen atoms in total. The Morgan fingerprint density at radius 1 is 1.00 bits per heavy atom. The molecule has 1 heterocycles. The van der Waals surface area contributed by atoms with Crippen LogP contribution in [0.1, 0.15) is 73.7 Å². The molecule has 2 N–H and O–H groups in total. The molecule has 0 radical (unpaired) electrons. The van der Waals surface area contributed by atoms with E-state index in [0.29, 0.717) is 51.6 Å². The second-order valence-electron chi connectivity index (χ2n) is 11.5. The van der Waals surface area contributed by atoms with E-state index >= 15 is 0 Å². The first-order valence-electron chi connectivity index (χ1n) is 13.4. The van der Waals surface area contributed by atoms with Crippen molar-refractivity contribution in [1.29, 1.82) is 0 Å². The molecular weight excluding hydrogens is 483 g/mol. The van der Waals surface area contributed by atoms with Crippen LogP contribution in [0.4, 0.5) is 14.9 Å². The fraction of sp³-hybridized carbons (Fsp3) is 0.500. The van der Waals surface area contributed by atoms with Gasteiger partial charge in [0, 0.05) is 56.8 Å². The average molecular weight is 525 g/mol. The zero-order valence-electron chi connectivity index (χ0n) is 23.3. The van der Waals surface area contributed by atoms with Gasteiger partial charge in [0.2, 0.25) is 0 Å². The summed E-state index contributed by atoms with van der Waals surface area (Å²) in [5, 5.41) is 5.22. The quantitative estimate of drug-likeness (QED) is 0.420. The van der Waals surface area contributed by atoms with Crippen LogP contribution in [0.15, 0.2) is 42.5 Å². The van der Waals surface area contributed by atoms with Gasteiger partial charge in [0.15, 0.2) is 5.78 Å². The van der Waals surface area contributed by atoms with Crippen molar-refractivity contribution in [2.45, 2.75) is 54.0 Å². The maximum Gasteiger partial charge on any atom is 0.319 e. The summed E-state index contributed by atoms with van der Waals surface area (Å²) in [5.41, 5.74) is 2.03. The summed E-state index contributed by atoms with van der Waals surface area (Å²) in [6, 6.07) is 11.5. The van der Waals surface area contributed by atoms with Gasteiger partial charge < -0.3 is 15.5 Å². The Balaban J connectivity index is 1.52. The van der Waals surface area contributed by atoms with Crippen molar-refractivity contribution in [2.75, 3.05) is 38.0 Å². The second-order valence-corrected chi connectivity index (χ2v) is 11.5. The summed E-state index contributed by atoms with van der Waals surface area (Å²) >= 11 is 0. The third-order valence-corrected chi connectivity index (χ3v) is 6.79. The zero-order chi connectivity index (χ0) is 27.9. The standard InChI is InChI=1S/C30H41FN4O3/c1-6-21(2)16-27(36)23-9-7-8-22(17-23)19-34-12-14-35(15-13-34)28(37)24-10-11-26(25(31)18-24)33-29(38)32-20-30(3,4)5/h7-11,17-18,21H,6,12-16,19-20H2,1-5H3,(H2,32,33,38)/t21-/m1/s1. The van der Waals surface area contributed by atoms with Crippen molar-refractivity contribution in [2.24, 2.45) is 11.3 Å². The fourth-order valence-electron chi connectivity index (χ4n) is 4.23. The zero-order valence-corrected chi connectivity index (χ0v) is 23.3. The summed E-state index contributed by atoms with van der Waals surface area (Å²) in [6.07, 6.45) is 1.54. The predicted molar refractivity (Wildman–Crippen MR) is 149 cm³/mol. The summed E-state index contributed by atoms with van der Waals surface area (Å²) in [6.45, 7) is 13.7. The number of amides is 3. The Hall–Kier alpha value is -3.26. The van der Waals surface area contributed by atoms with E-state index in [0.717, 1.165) is 17.5 Å². The lowest BCUT2D eigenvalue weighted by Crippen LogP contribution is -2.48. The average Bonchev–Trinajstić information content (AvgIpc) is 2.88. The van der Waals surface area contributed by atoms with Crippen molar-refractivity contribution in [3.05, 3.63) is 65.0 Å². The van der Waals surface area contributed by atoms with Gasteiger partial charge in [0.25, 0.3) is 5.91 Å². The van der Waals surface area contributed by atoms with Gasteiger partial charge in [-0.3, -0.25) is 14.5 Å². The Morgan fingerprint density at radius 3 is 2.34 bits per heavy atom. The van der Waals surface area contributed by atoms with E-state index in [1.165, 1.54) is 12.1 Å². The molecule has 206 valence electrons. The number of halogens is 1. The van der Waals surface area contributed by atoms with Gasteiger partial charge >= 0.3 is 6.03 Å². The van der Waals surface area contributed by atoms with E-state index in [4.69, 9.17) is 0 Å². The minimum absolute atomic E-state index is 0.0302. The summed E-state index contributed by atoms with van der Waals surface area (Å²) < 4.78 is 14.7. The number of rotatable bonds is 9. The van der Waals surface area contributed by atoms with Crippen LogP contribution < -0.4 is 10.6 Å². The molecule has 0 bridgehead atoms. The normalized spacial score (nSPS) is 15.2. The van der Waals surface area contributed by atoms with Gasteiger partial charge in [-0.05, 0) is 41.2 Å². The number of anilines is 1. The van der Waals surface area contributed by atoms with Gasteiger partial charge in [-0.1, -0.05) is 59.2 Å². The van der Waals surface area contributed by atoms with E-state index in [2.05, 4.69) is 29.4 Å². The largest absolute Gasteiger partial charge is 0.337 e. The Morgan fingerprint density at radius 2 is 1.71 bits per heavy atom. The third kappa shape index (κ3) is 8.65.